The summed E-state index contributed by atoms with van der Waals surface area (Å²) in [7, 11) is 1.61. The lowest BCUT2D eigenvalue weighted by atomic mass is 10.0. The van der Waals surface area contributed by atoms with Crippen LogP contribution >= 0.6 is 0 Å². The summed E-state index contributed by atoms with van der Waals surface area (Å²) in [6.45, 7) is 1.78. The fourth-order valence-electron chi connectivity index (χ4n) is 1.63. The third-order valence-corrected chi connectivity index (χ3v) is 2.41. The Kier molecular flexibility index (Phi) is 1.95. The van der Waals surface area contributed by atoms with Crippen molar-refractivity contribution in [2.75, 3.05) is 7.11 Å². The molecule has 1 atom stereocenters. The van der Waals surface area contributed by atoms with Crippen molar-refractivity contribution in [3.63, 3.8) is 0 Å². The Bertz CT molecular complexity index is 373. The molecule has 1 aromatic carbocycles. The third-order valence-electron chi connectivity index (χ3n) is 2.41. The van der Waals surface area contributed by atoms with Crippen LogP contribution in [0.2, 0.25) is 0 Å². The van der Waals surface area contributed by atoms with E-state index in [0.29, 0.717) is 6.42 Å². The second-order valence-corrected chi connectivity index (χ2v) is 3.68. The molecule has 0 aromatic heterocycles. The Morgan fingerprint density at radius 1 is 1.57 bits per heavy atom. The molecule has 0 aliphatic carbocycles. The van der Waals surface area contributed by atoms with E-state index in [4.69, 9.17) is 9.47 Å². The van der Waals surface area contributed by atoms with Gasteiger partial charge in [-0.1, -0.05) is 6.07 Å². The van der Waals surface area contributed by atoms with E-state index in [1.165, 1.54) is 0 Å². The predicted molar refractivity (Wildman–Crippen MR) is 51.8 cm³/mol. The van der Waals surface area contributed by atoms with E-state index in [1.54, 1.807) is 14.0 Å². The van der Waals surface area contributed by atoms with Gasteiger partial charge < -0.3 is 9.47 Å². The maximum atomic E-state index is 10.8. The summed E-state index contributed by atoms with van der Waals surface area (Å²) in [5.74, 6) is 1.50. The SMILES string of the molecule is COc1ccc2c(c1)OC(C)(C=O)C2. The molecule has 14 heavy (non-hydrogen) atoms. The lowest BCUT2D eigenvalue weighted by molar-refractivity contribution is -0.118. The van der Waals surface area contributed by atoms with Gasteiger partial charge in [0.25, 0.3) is 0 Å². The first-order valence-electron chi connectivity index (χ1n) is 4.49. The summed E-state index contributed by atoms with van der Waals surface area (Å²) in [5.41, 5.74) is 0.356. The van der Waals surface area contributed by atoms with Crippen molar-refractivity contribution in [1.29, 1.82) is 0 Å². The quantitative estimate of drug-likeness (QED) is 0.667. The van der Waals surface area contributed by atoms with E-state index in [9.17, 15) is 4.79 Å². The van der Waals surface area contributed by atoms with Crippen molar-refractivity contribution in [2.24, 2.45) is 0 Å². The number of fused-ring (bicyclic) bond motifs is 1. The van der Waals surface area contributed by atoms with Gasteiger partial charge in [-0.3, -0.25) is 4.79 Å². The van der Waals surface area contributed by atoms with Gasteiger partial charge in [0.1, 0.15) is 11.5 Å². The van der Waals surface area contributed by atoms with Crippen LogP contribution in [-0.4, -0.2) is 19.0 Å². The van der Waals surface area contributed by atoms with Gasteiger partial charge in [-0.15, -0.1) is 0 Å². The zero-order chi connectivity index (χ0) is 10.2. The summed E-state index contributed by atoms with van der Waals surface area (Å²) >= 11 is 0. The van der Waals surface area contributed by atoms with Crippen LogP contribution in [0.25, 0.3) is 0 Å². The highest BCUT2D eigenvalue weighted by Crippen LogP contribution is 2.36. The van der Waals surface area contributed by atoms with Crippen molar-refractivity contribution in [3.05, 3.63) is 23.8 Å². The molecule has 1 heterocycles. The zero-order valence-electron chi connectivity index (χ0n) is 8.24. The minimum absolute atomic E-state index is 0.635. The number of carbonyl (C=O) groups is 1. The molecule has 0 fully saturated rings. The second-order valence-electron chi connectivity index (χ2n) is 3.68. The van der Waals surface area contributed by atoms with E-state index in [1.807, 2.05) is 18.2 Å². The minimum Gasteiger partial charge on any atom is -0.497 e. The molecule has 1 unspecified atom stereocenters. The summed E-state index contributed by atoms with van der Waals surface area (Å²) < 4.78 is 10.6. The molecular weight excluding hydrogens is 180 g/mol. The van der Waals surface area contributed by atoms with Crippen molar-refractivity contribution >= 4 is 6.29 Å². The highest BCUT2D eigenvalue weighted by Gasteiger charge is 2.34. The number of aldehydes is 1. The molecule has 0 N–H and O–H groups in total. The van der Waals surface area contributed by atoms with Crippen LogP contribution < -0.4 is 9.47 Å². The number of rotatable bonds is 2. The van der Waals surface area contributed by atoms with Gasteiger partial charge in [-0.05, 0) is 18.6 Å². The predicted octanol–water partition coefficient (Wildman–Crippen LogP) is 1.59. The average Bonchev–Trinajstić information content (AvgIpc) is 2.54. The molecule has 0 bridgehead atoms. The third kappa shape index (κ3) is 1.35. The second kappa shape index (κ2) is 3.01. The molecule has 0 saturated carbocycles. The molecule has 1 aliphatic rings. The van der Waals surface area contributed by atoms with Gasteiger partial charge in [0.05, 0.1) is 7.11 Å². The normalized spacial score (nSPS) is 23.9. The first-order valence-corrected chi connectivity index (χ1v) is 4.49. The molecule has 74 valence electrons. The van der Waals surface area contributed by atoms with E-state index < -0.39 is 5.60 Å². The first kappa shape index (κ1) is 9.06. The van der Waals surface area contributed by atoms with Crippen LogP contribution in [0, 0.1) is 0 Å². The molecule has 2 rings (SSSR count). The summed E-state index contributed by atoms with van der Waals surface area (Å²) in [6, 6.07) is 5.62. The van der Waals surface area contributed by atoms with Gasteiger partial charge in [-0.25, -0.2) is 0 Å². The Morgan fingerprint density at radius 3 is 3.00 bits per heavy atom. The Labute approximate surface area is 82.6 Å². The van der Waals surface area contributed by atoms with Crippen LogP contribution in [-0.2, 0) is 11.2 Å². The molecule has 0 saturated heterocycles. The van der Waals surface area contributed by atoms with Crippen molar-refractivity contribution in [2.45, 2.75) is 18.9 Å². The van der Waals surface area contributed by atoms with E-state index in [2.05, 4.69) is 0 Å². The molecule has 3 heteroatoms. The highest BCUT2D eigenvalue weighted by atomic mass is 16.5. The Hall–Kier alpha value is -1.51. The van der Waals surface area contributed by atoms with Gasteiger partial charge >= 0.3 is 0 Å². The molecule has 1 aliphatic heterocycles. The molecule has 0 amide bonds. The summed E-state index contributed by atoms with van der Waals surface area (Å²) in [4.78, 5) is 10.8. The smallest absolute Gasteiger partial charge is 0.165 e. The standard InChI is InChI=1S/C11H12O3/c1-11(7-12)6-8-3-4-9(13-2)5-10(8)14-11/h3-5,7H,6H2,1-2H3. The summed E-state index contributed by atoms with van der Waals surface area (Å²) in [5, 5.41) is 0. The van der Waals surface area contributed by atoms with Crippen molar-refractivity contribution in [1.82, 2.24) is 0 Å². The highest BCUT2D eigenvalue weighted by molar-refractivity contribution is 5.66. The van der Waals surface area contributed by atoms with Crippen molar-refractivity contribution in [3.8, 4) is 11.5 Å². The summed E-state index contributed by atoms with van der Waals surface area (Å²) in [6.07, 6.45) is 1.48. The Balaban J connectivity index is 2.35. The fourth-order valence-corrected chi connectivity index (χ4v) is 1.63. The molecular formula is C11H12O3. The largest absolute Gasteiger partial charge is 0.497 e. The number of methoxy groups -OCH3 is 1. The molecule has 1 aromatic rings. The first-order chi connectivity index (χ1) is 6.67. The fraction of sp³-hybridized carbons (Fsp3) is 0.364. The maximum absolute atomic E-state index is 10.8. The molecule has 3 nitrogen and oxygen atoms in total. The van der Waals surface area contributed by atoms with Crippen LogP contribution in [0.5, 0.6) is 11.5 Å². The van der Waals surface area contributed by atoms with Gasteiger partial charge in [-0.2, -0.15) is 0 Å². The average molecular weight is 192 g/mol. The van der Waals surface area contributed by atoms with E-state index >= 15 is 0 Å². The van der Waals surface area contributed by atoms with Crippen LogP contribution in [0.3, 0.4) is 0 Å². The van der Waals surface area contributed by atoms with Gasteiger partial charge in [0.15, 0.2) is 11.9 Å². The monoisotopic (exact) mass is 192 g/mol. The van der Waals surface area contributed by atoms with Crippen molar-refractivity contribution < 1.29 is 14.3 Å². The van der Waals surface area contributed by atoms with Gasteiger partial charge in [0.2, 0.25) is 0 Å². The van der Waals surface area contributed by atoms with E-state index in [-0.39, 0.29) is 0 Å². The van der Waals surface area contributed by atoms with Gasteiger partial charge in [0, 0.05) is 12.5 Å². The molecule has 0 radical (unpaired) electrons. The topological polar surface area (TPSA) is 35.5 Å². The van der Waals surface area contributed by atoms with Crippen LogP contribution in [0.1, 0.15) is 12.5 Å². The van der Waals surface area contributed by atoms with Crippen LogP contribution in [0.4, 0.5) is 0 Å². The number of ether oxygens (including phenoxy) is 2. The minimum atomic E-state index is -0.700. The number of benzene rings is 1. The number of hydrogen-bond acceptors (Lipinski definition) is 3. The zero-order valence-corrected chi connectivity index (χ0v) is 8.24. The van der Waals surface area contributed by atoms with Crippen LogP contribution in [0.15, 0.2) is 18.2 Å². The maximum Gasteiger partial charge on any atom is 0.165 e. The van der Waals surface area contributed by atoms with E-state index in [0.717, 1.165) is 23.3 Å². The lowest BCUT2D eigenvalue weighted by Crippen LogP contribution is -2.31. The lowest BCUT2D eigenvalue weighted by Gasteiger charge is -2.15. The number of carbonyl (C=O) groups excluding carboxylic acids is 1. The molecule has 0 spiro atoms. The number of hydrogen-bond donors (Lipinski definition) is 0. The Morgan fingerprint density at radius 2 is 2.36 bits per heavy atom.